The first kappa shape index (κ1) is 10.8. The summed E-state index contributed by atoms with van der Waals surface area (Å²) in [6.07, 6.45) is 4.43. The molecule has 90 valence electrons. The second-order valence-corrected chi connectivity index (χ2v) is 5.06. The zero-order valence-corrected chi connectivity index (χ0v) is 10.5. The van der Waals surface area contributed by atoms with Gasteiger partial charge in [-0.25, -0.2) is 4.98 Å². The zero-order chi connectivity index (χ0) is 11.8. The van der Waals surface area contributed by atoms with Crippen molar-refractivity contribution in [1.82, 2.24) is 14.9 Å². The van der Waals surface area contributed by atoms with Gasteiger partial charge in [-0.05, 0) is 63.0 Å². The van der Waals surface area contributed by atoms with Crippen molar-refractivity contribution in [3.8, 4) is 0 Å². The summed E-state index contributed by atoms with van der Waals surface area (Å²) in [7, 11) is 0. The largest absolute Gasteiger partial charge is 0.327 e. The highest BCUT2D eigenvalue weighted by atomic mass is 15.1. The summed E-state index contributed by atoms with van der Waals surface area (Å²) >= 11 is 0. The Bertz CT molecular complexity index is 536. The number of nitrogens with one attached hydrogen (secondary N) is 1. The summed E-state index contributed by atoms with van der Waals surface area (Å²) in [5.41, 5.74) is 5.10. The molecule has 0 unspecified atom stereocenters. The molecule has 1 aromatic carbocycles. The number of imidazole rings is 1. The van der Waals surface area contributed by atoms with Gasteiger partial charge in [0, 0.05) is 6.04 Å². The Morgan fingerprint density at radius 2 is 1.88 bits per heavy atom. The fourth-order valence-electron chi connectivity index (χ4n) is 2.66. The molecule has 1 aliphatic rings. The van der Waals surface area contributed by atoms with Crippen molar-refractivity contribution >= 4 is 11.0 Å². The molecule has 2 heterocycles. The molecule has 0 aliphatic carbocycles. The van der Waals surface area contributed by atoms with Crippen LogP contribution in [0.4, 0.5) is 0 Å². The second-order valence-electron chi connectivity index (χ2n) is 5.06. The second kappa shape index (κ2) is 4.15. The molecule has 0 saturated carbocycles. The van der Waals surface area contributed by atoms with Gasteiger partial charge in [0.2, 0.25) is 0 Å². The van der Waals surface area contributed by atoms with E-state index >= 15 is 0 Å². The minimum absolute atomic E-state index is 0.614. The van der Waals surface area contributed by atoms with Crippen LogP contribution in [0.5, 0.6) is 0 Å². The van der Waals surface area contributed by atoms with Crippen molar-refractivity contribution in [2.24, 2.45) is 0 Å². The van der Waals surface area contributed by atoms with Crippen molar-refractivity contribution in [2.75, 3.05) is 13.1 Å². The Hall–Kier alpha value is -1.35. The molecule has 1 N–H and O–H groups in total. The Kier molecular flexibility index (Phi) is 2.63. The normalized spacial score (nSPS) is 17.8. The third kappa shape index (κ3) is 1.84. The molecule has 2 aromatic rings. The number of aryl methyl sites for hydroxylation is 2. The number of fused-ring (bicyclic) bond motifs is 1. The summed E-state index contributed by atoms with van der Waals surface area (Å²) in [5, 5.41) is 3.41. The third-order valence-electron chi connectivity index (χ3n) is 3.89. The van der Waals surface area contributed by atoms with Crippen LogP contribution >= 0.6 is 0 Å². The van der Waals surface area contributed by atoms with Crippen LogP contribution in [0.2, 0.25) is 0 Å². The van der Waals surface area contributed by atoms with E-state index in [-0.39, 0.29) is 0 Å². The molecule has 1 saturated heterocycles. The highest BCUT2D eigenvalue weighted by Gasteiger charge is 2.17. The van der Waals surface area contributed by atoms with E-state index in [9.17, 15) is 0 Å². The highest BCUT2D eigenvalue weighted by molar-refractivity contribution is 5.77. The number of aromatic nitrogens is 2. The van der Waals surface area contributed by atoms with E-state index in [1.165, 1.54) is 29.5 Å². The monoisotopic (exact) mass is 229 g/mol. The smallest absolute Gasteiger partial charge is 0.0960 e. The molecule has 3 rings (SSSR count). The minimum Gasteiger partial charge on any atom is -0.327 e. The Morgan fingerprint density at radius 3 is 2.65 bits per heavy atom. The third-order valence-corrected chi connectivity index (χ3v) is 3.89. The van der Waals surface area contributed by atoms with E-state index in [4.69, 9.17) is 0 Å². The van der Waals surface area contributed by atoms with E-state index in [0.29, 0.717) is 6.04 Å². The maximum atomic E-state index is 4.54. The molecule has 0 spiro atoms. The Morgan fingerprint density at radius 1 is 1.18 bits per heavy atom. The average molecular weight is 229 g/mol. The fourth-order valence-corrected chi connectivity index (χ4v) is 2.66. The maximum Gasteiger partial charge on any atom is 0.0960 e. The van der Waals surface area contributed by atoms with Crippen molar-refractivity contribution in [3.63, 3.8) is 0 Å². The Balaban J connectivity index is 2.07. The van der Waals surface area contributed by atoms with Gasteiger partial charge in [0.15, 0.2) is 0 Å². The summed E-state index contributed by atoms with van der Waals surface area (Å²) in [5.74, 6) is 0. The van der Waals surface area contributed by atoms with Crippen LogP contribution in [0.1, 0.15) is 30.0 Å². The van der Waals surface area contributed by atoms with E-state index in [2.05, 4.69) is 40.8 Å². The van der Waals surface area contributed by atoms with Crippen LogP contribution in [0.25, 0.3) is 11.0 Å². The molecule has 1 fully saturated rings. The standard InChI is InChI=1S/C14H19N3/c1-10-7-13-14(8-11(10)2)17(9-16-13)12-3-5-15-6-4-12/h7-9,12,15H,3-6H2,1-2H3. The lowest BCUT2D eigenvalue weighted by molar-refractivity contribution is 0.374. The number of benzene rings is 1. The van der Waals surface area contributed by atoms with Gasteiger partial charge in [0.25, 0.3) is 0 Å². The van der Waals surface area contributed by atoms with Gasteiger partial charge in [-0.15, -0.1) is 0 Å². The molecule has 1 aliphatic heterocycles. The molecule has 3 heteroatoms. The highest BCUT2D eigenvalue weighted by Crippen LogP contribution is 2.25. The topological polar surface area (TPSA) is 29.9 Å². The summed E-state index contributed by atoms with van der Waals surface area (Å²) in [6.45, 7) is 6.57. The number of piperidine rings is 1. The molecule has 1 aromatic heterocycles. The van der Waals surface area contributed by atoms with Crippen molar-refractivity contribution in [1.29, 1.82) is 0 Å². The quantitative estimate of drug-likeness (QED) is 0.814. The first-order valence-corrected chi connectivity index (χ1v) is 6.40. The van der Waals surface area contributed by atoms with Gasteiger partial charge in [0.1, 0.15) is 0 Å². The number of hydrogen-bond donors (Lipinski definition) is 1. The lowest BCUT2D eigenvalue weighted by atomic mass is 10.1. The van der Waals surface area contributed by atoms with Crippen molar-refractivity contribution in [3.05, 3.63) is 29.6 Å². The van der Waals surface area contributed by atoms with Gasteiger partial charge >= 0.3 is 0 Å². The van der Waals surface area contributed by atoms with Crippen LogP contribution in [0.15, 0.2) is 18.5 Å². The van der Waals surface area contributed by atoms with Gasteiger partial charge in [-0.3, -0.25) is 0 Å². The molecular formula is C14H19N3. The van der Waals surface area contributed by atoms with Crippen molar-refractivity contribution in [2.45, 2.75) is 32.7 Å². The van der Waals surface area contributed by atoms with Gasteiger partial charge in [-0.1, -0.05) is 0 Å². The SMILES string of the molecule is Cc1cc2ncn(C3CCNCC3)c2cc1C. The first-order chi connectivity index (χ1) is 8.25. The van der Waals surface area contributed by atoms with Crippen LogP contribution in [-0.4, -0.2) is 22.6 Å². The molecule has 0 amide bonds. The van der Waals surface area contributed by atoms with Gasteiger partial charge in [-0.2, -0.15) is 0 Å². The van der Waals surface area contributed by atoms with E-state index in [0.717, 1.165) is 18.6 Å². The predicted molar refractivity (Wildman–Crippen MR) is 70.3 cm³/mol. The zero-order valence-electron chi connectivity index (χ0n) is 10.5. The average Bonchev–Trinajstić information content (AvgIpc) is 2.74. The lowest BCUT2D eigenvalue weighted by Gasteiger charge is -2.24. The minimum atomic E-state index is 0.614. The van der Waals surface area contributed by atoms with Crippen LogP contribution in [0.3, 0.4) is 0 Å². The molecule has 0 atom stereocenters. The fraction of sp³-hybridized carbons (Fsp3) is 0.500. The number of rotatable bonds is 1. The Labute approximate surface area is 102 Å². The molecule has 17 heavy (non-hydrogen) atoms. The van der Waals surface area contributed by atoms with E-state index in [1.807, 2.05) is 6.33 Å². The van der Waals surface area contributed by atoms with E-state index < -0.39 is 0 Å². The molecular weight excluding hydrogens is 210 g/mol. The molecule has 3 nitrogen and oxygen atoms in total. The number of nitrogens with zero attached hydrogens (tertiary/aromatic N) is 2. The summed E-state index contributed by atoms with van der Waals surface area (Å²) in [6, 6.07) is 5.09. The van der Waals surface area contributed by atoms with Crippen LogP contribution in [0, 0.1) is 13.8 Å². The number of hydrogen-bond acceptors (Lipinski definition) is 2. The lowest BCUT2D eigenvalue weighted by Crippen LogP contribution is -2.29. The van der Waals surface area contributed by atoms with Crippen LogP contribution in [-0.2, 0) is 0 Å². The summed E-state index contributed by atoms with van der Waals surface area (Å²) < 4.78 is 2.36. The van der Waals surface area contributed by atoms with Gasteiger partial charge in [0.05, 0.1) is 17.4 Å². The first-order valence-electron chi connectivity index (χ1n) is 6.40. The maximum absolute atomic E-state index is 4.54. The molecule has 0 bridgehead atoms. The van der Waals surface area contributed by atoms with Gasteiger partial charge < -0.3 is 9.88 Å². The predicted octanol–water partition coefficient (Wildman–Crippen LogP) is 2.58. The molecule has 0 radical (unpaired) electrons. The van der Waals surface area contributed by atoms with E-state index in [1.54, 1.807) is 0 Å². The van der Waals surface area contributed by atoms with Crippen molar-refractivity contribution < 1.29 is 0 Å². The summed E-state index contributed by atoms with van der Waals surface area (Å²) in [4.78, 5) is 4.54. The van der Waals surface area contributed by atoms with Crippen LogP contribution < -0.4 is 5.32 Å².